The first-order valence-corrected chi connectivity index (χ1v) is 9.31. The van der Waals surface area contributed by atoms with Gasteiger partial charge in [-0.1, -0.05) is 22.9 Å². The molecule has 0 saturated heterocycles. The van der Waals surface area contributed by atoms with Crippen molar-refractivity contribution in [2.24, 2.45) is 0 Å². The van der Waals surface area contributed by atoms with Gasteiger partial charge in [-0.25, -0.2) is 4.39 Å². The van der Waals surface area contributed by atoms with E-state index in [0.29, 0.717) is 17.1 Å². The fraction of sp³-hybridized carbons (Fsp3) is 0.211. The summed E-state index contributed by atoms with van der Waals surface area (Å²) in [5.74, 6) is -0.233. The molecule has 8 heteroatoms. The van der Waals surface area contributed by atoms with Crippen LogP contribution in [0.4, 0.5) is 10.1 Å². The third kappa shape index (κ3) is 6.00. The first-order valence-electron chi connectivity index (χ1n) is 8.05. The summed E-state index contributed by atoms with van der Waals surface area (Å²) in [4.78, 5) is 0. The van der Waals surface area contributed by atoms with E-state index >= 15 is 0 Å². The lowest BCUT2D eigenvalue weighted by Crippen LogP contribution is -2.15. The van der Waals surface area contributed by atoms with Crippen molar-refractivity contribution in [2.45, 2.75) is 20.0 Å². The lowest BCUT2D eigenvalue weighted by Gasteiger charge is -2.12. The molecule has 0 saturated carbocycles. The van der Waals surface area contributed by atoms with Crippen LogP contribution >= 0.6 is 22.9 Å². The Morgan fingerprint density at radius 3 is 2.56 bits per heavy atom. The second kappa shape index (κ2) is 9.97. The number of benzene rings is 2. The molecule has 0 bridgehead atoms. The standard InChI is InChI=1S/C11H13ClN2O.C8H5FN2S/c1-7(15)6-14-10-4-3-9(5-13)11(12)8(10)2;9-7-3-1-6(2-4-7)8-11-10-5-12-8/h3-4,7,14-15H,6H2,1-2H3;1-5H. The fourth-order valence-corrected chi connectivity index (χ4v) is 2.88. The van der Waals surface area contributed by atoms with Gasteiger partial charge in [0.1, 0.15) is 22.4 Å². The van der Waals surface area contributed by atoms with E-state index in [2.05, 4.69) is 15.5 Å². The Morgan fingerprint density at radius 1 is 1.30 bits per heavy atom. The van der Waals surface area contributed by atoms with Crippen LogP contribution in [0.15, 0.2) is 41.9 Å². The van der Waals surface area contributed by atoms with Gasteiger partial charge < -0.3 is 10.4 Å². The molecule has 0 spiro atoms. The van der Waals surface area contributed by atoms with Crippen LogP contribution in [0.5, 0.6) is 0 Å². The highest BCUT2D eigenvalue weighted by atomic mass is 35.5. The maximum atomic E-state index is 12.5. The SMILES string of the molecule is Cc1c(NCC(C)O)ccc(C#N)c1Cl.Fc1ccc(-c2nncs2)cc1. The van der Waals surface area contributed by atoms with E-state index in [1.54, 1.807) is 36.7 Å². The molecule has 1 aromatic heterocycles. The van der Waals surface area contributed by atoms with Gasteiger partial charge >= 0.3 is 0 Å². The number of aliphatic hydroxyl groups excluding tert-OH is 1. The van der Waals surface area contributed by atoms with Crippen molar-refractivity contribution in [3.05, 3.63) is 63.9 Å². The van der Waals surface area contributed by atoms with Gasteiger partial charge in [0.15, 0.2) is 0 Å². The van der Waals surface area contributed by atoms with Gasteiger partial charge in [-0.05, 0) is 55.8 Å². The molecule has 1 unspecified atom stereocenters. The number of aliphatic hydroxyl groups is 1. The highest BCUT2D eigenvalue weighted by molar-refractivity contribution is 7.12. The molecule has 0 amide bonds. The molecule has 3 aromatic rings. The Kier molecular flexibility index (Phi) is 7.67. The highest BCUT2D eigenvalue weighted by Crippen LogP contribution is 2.26. The number of nitrogens with zero attached hydrogens (tertiary/aromatic N) is 3. The number of nitriles is 1. The van der Waals surface area contributed by atoms with E-state index in [1.165, 1.54) is 23.5 Å². The Labute approximate surface area is 166 Å². The van der Waals surface area contributed by atoms with Gasteiger partial charge in [0, 0.05) is 17.8 Å². The third-order valence-electron chi connectivity index (χ3n) is 3.55. The Morgan fingerprint density at radius 2 is 2.00 bits per heavy atom. The van der Waals surface area contributed by atoms with Gasteiger partial charge in [0.25, 0.3) is 0 Å². The zero-order chi connectivity index (χ0) is 19.8. The molecule has 0 fully saturated rings. The molecule has 27 heavy (non-hydrogen) atoms. The summed E-state index contributed by atoms with van der Waals surface area (Å²) in [7, 11) is 0. The average Bonchev–Trinajstić information content (AvgIpc) is 3.19. The van der Waals surface area contributed by atoms with E-state index in [-0.39, 0.29) is 5.82 Å². The van der Waals surface area contributed by atoms with Crippen molar-refractivity contribution in [2.75, 3.05) is 11.9 Å². The Balaban J connectivity index is 0.000000198. The topological polar surface area (TPSA) is 81.8 Å². The maximum Gasteiger partial charge on any atom is 0.147 e. The number of hydrogen-bond donors (Lipinski definition) is 2. The van der Waals surface area contributed by atoms with E-state index < -0.39 is 6.10 Å². The van der Waals surface area contributed by atoms with Crippen molar-refractivity contribution < 1.29 is 9.50 Å². The lowest BCUT2D eigenvalue weighted by atomic mass is 10.1. The average molecular weight is 405 g/mol. The smallest absolute Gasteiger partial charge is 0.147 e. The molecular weight excluding hydrogens is 387 g/mol. The van der Waals surface area contributed by atoms with E-state index in [1.807, 2.05) is 13.0 Å². The maximum absolute atomic E-state index is 12.5. The van der Waals surface area contributed by atoms with Gasteiger partial charge in [0.2, 0.25) is 0 Å². The molecule has 0 aliphatic rings. The van der Waals surface area contributed by atoms with Gasteiger partial charge in [-0.15, -0.1) is 10.2 Å². The number of hydrogen-bond acceptors (Lipinski definition) is 6. The van der Waals surface area contributed by atoms with Crippen LogP contribution in [-0.4, -0.2) is 28.0 Å². The minimum atomic E-state index is -0.418. The third-order valence-corrected chi connectivity index (χ3v) is 4.77. The predicted molar refractivity (Wildman–Crippen MR) is 106 cm³/mol. The van der Waals surface area contributed by atoms with Crippen LogP contribution in [-0.2, 0) is 0 Å². The van der Waals surface area contributed by atoms with E-state index in [0.717, 1.165) is 21.8 Å². The summed E-state index contributed by atoms with van der Waals surface area (Å²) >= 11 is 7.43. The zero-order valence-electron chi connectivity index (χ0n) is 14.8. The zero-order valence-corrected chi connectivity index (χ0v) is 16.4. The molecule has 3 rings (SSSR count). The number of aromatic nitrogens is 2. The molecule has 2 N–H and O–H groups in total. The van der Waals surface area contributed by atoms with Crippen molar-refractivity contribution in [3.63, 3.8) is 0 Å². The number of halogens is 2. The van der Waals surface area contributed by atoms with Crippen molar-refractivity contribution >= 4 is 28.6 Å². The summed E-state index contributed by atoms with van der Waals surface area (Å²) in [5.41, 5.74) is 4.70. The van der Waals surface area contributed by atoms with Crippen LogP contribution in [0, 0.1) is 24.1 Å². The second-order valence-corrected chi connectivity index (χ2v) is 6.90. The highest BCUT2D eigenvalue weighted by Gasteiger charge is 2.07. The molecule has 0 aliphatic carbocycles. The van der Waals surface area contributed by atoms with Crippen LogP contribution in [0.2, 0.25) is 5.02 Å². The number of anilines is 1. The van der Waals surface area contributed by atoms with Gasteiger partial charge in [0.05, 0.1) is 16.7 Å². The summed E-state index contributed by atoms with van der Waals surface area (Å²) in [6, 6.07) is 11.7. The van der Waals surface area contributed by atoms with E-state index in [9.17, 15) is 4.39 Å². The van der Waals surface area contributed by atoms with E-state index in [4.69, 9.17) is 22.0 Å². The van der Waals surface area contributed by atoms with Crippen molar-refractivity contribution in [3.8, 4) is 16.6 Å². The minimum absolute atomic E-state index is 0.233. The first kappa shape index (κ1) is 20.8. The lowest BCUT2D eigenvalue weighted by molar-refractivity contribution is 0.208. The number of rotatable bonds is 4. The molecule has 0 radical (unpaired) electrons. The molecule has 1 heterocycles. The second-order valence-electron chi connectivity index (χ2n) is 5.69. The molecule has 0 aliphatic heterocycles. The summed E-state index contributed by atoms with van der Waals surface area (Å²) in [6.07, 6.45) is -0.418. The molecule has 1 atom stereocenters. The van der Waals surface area contributed by atoms with Crippen LogP contribution in [0.1, 0.15) is 18.1 Å². The summed E-state index contributed by atoms with van der Waals surface area (Å²) < 4.78 is 12.5. The summed E-state index contributed by atoms with van der Waals surface area (Å²) in [6.45, 7) is 4.00. The van der Waals surface area contributed by atoms with Crippen molar-refractivity contribution in [1.29, 1.82) is 5.26 Å². The largest absolute Gasteiger partial charge is 0.392 e. The molecule has 5 nitrogen and oxygen atoms in total. The van der Waals surface area contributed by atoms with Gasteiger partial charge in [-0.2, -0.15) is 5.26 Å². The van der Waals surface area contributed by atoms with Crippen LogP contribution < -0.4 is 5.32 Å². The van der Waals surface area contributed by atoms with Crippen molar-refractivity contribution in [1.82, 2.24) is 10.2 Å². The first-order chi connectivity index (χ1) is 12.9. The van der Waals surface area contributed by atoms with Crippen LogP contribution in [0.25, 0.3) is 10.6 Å². The minimum Gasteiger partial charge on any atom is -0.392 e. The number of nitrogens with one attached hydrogen (secondary N) is 1. The predicted octanol–water partition coefficient (Wildman–Crippen LogP) is 4.66. The molecular formula is C19H18ClFN4OS. The fourth-order valence-electron chi connectivity index (χ4n) is 2.11. The summed E-state index contributed by atoms with van der Waals surface area (Å²) in [5, 5.41) is 29.8. The van der Waals surface area contributed by atoms with Crippen LogP contribution in [0.3, 0.4) is 0 Å². The Bertz CT molecular complexity index is 909. The quantitative estimate of drug-likeness (QED) is 0.661. The van der Waals surface area contributed by atoms with Gasteiger partial charge in [-0.3, -0.25) is 0 Å². The normalized spacial score (nSPS) is 11.1. The molecule has 2 aromatic carbocycles. The monoisotopic (exact) mass is 404 g/mol. The Hall–Kier alpha value is -2.53. The molecule has 140 valence electrons.